The number of rotatable bonds is 3. The minimum Gasteiger partial charge on any atom is -0.362 e. The standard InChI is InChI=1S/C9H11NO4/c11-7(6-1-2-6)3-10-8(12)4-14-5-9(10)13/h6H,1-5H2. The van der Waals surface area contributed by atoms with E-state index in [9.17, 15) is 14.4 Å². The van der Waals surface area contributed by atoms with Gasteiger partial charge in [-0.2, -0.15) is 0 Å². The molecule has 0 aromatic heterocycles. The van der Waals surface area contributed by atoms with Gasteiger partial charge in [0.2, 0.25) is 0 Å². The molecular weight excluding hydrogens is 186 g/mol. The molecule has 76 valence electrons. The van der Waals surface area contributed by atoms with Crippen molar-refractivity contribution in [3.8, 4) is 0 Å². The smallest absolute Gasteiger partial charge is 0.255 e. The van der Waals surface area contributed by atoms with Crippen LogP contribution >= 0.6 is 0 Å². The molecule has 1 aliphatic heterocycles. The molecule has 0 aromatic carbocycles. The van der Waals surface area contributed by atoms with Gasteiger partial charge in [-0.05, 0) is 12.8 Å². The number of hydrogen-bond acceptors (Lipinski definition) is 4. The Morgan fingerprint density at radius 2 is 1.86 bits per heavy atom. The van der Waals surface area contributed by atoms with E-state index >= 15 is 0 Å². The van der Waals surface area contributed by atoms with E-state index in [0.717, 1.165) is 17.7 Å². The summed E-state index contributed by atoms with van der Waals surface area (Å²) in [5, 5.41) is 0. The number of morpholine rings is 1. The number of ketones is 1. The molecule has 5 nitrogen and oxygen atoms in total. The molecule has 1 saturated heterocycles. The fourth-order valence-electron chi connectivity index (χ4n) is 1.39. The van der Waals surface area contributed by atoms with Crippen LogP contribution in [0.4, 0.5) is 0 Å². The summed E-state index contributed by atoms with van der Waals surface area (Å²) in [5.41, 5.74) is 0. The zero-order chi connectivity index (χ0) is 10.1. The third-order valence-corrected chi connectivity index (χ3v) is 2.40. The van der Waals surface area contributed by atoms with Crippen molar-refractivity contribution in [3.63, 3.8) is 0 Å². The molecule has 0 aromatic rings. The number of Topliss-reactive ketones (excluding diaryl/α,β-unsaturated/α-hetero) is 1. The topological polar surface area (TPSA) is 63.7 Å². The predicted octanol–water partition coefficient (Wildman–Crippen LogP) is -0.649. The van der Waals surface area contributed by atoms with Gasteiger partial charge >= 0.3 is 0 Å². The van der Waals surface area contributed by atoms with Crippen molar-refractivity contribution in [2.24, 2.45) is 5.92 Å². The van der Waals surface area contributed by atoms with E-state index in [1.807, 2.05) is 0 Å². The molecule has 5 heteroatoms. The van der Waals surface area contributed by atoms with Gasteiger partial charge < -0.3 is 4.74 Å². The van der Waals surface area contributed by atoms with Crippen LogP contribution in [0.25, 0.3) is 0 Å². The highest BCUT2D eigenvalue weighted by Gasteiger charge is 2.34. The van der Waals surface area contributed by atoms with Gasteiger partial charge in [0.1, 0.15) is 13.2 Å². The molecule has 1 heterocycles. The number of nitrogens with zero attached hydrogens (tertiary/aromatic N) is 1. The van der Waals surface area contributed by atoms with Crippen molar-refractivity contribution in [2.75, 3.05) is 19.8 Å². The molecular formula is C9H11NO4. The van der Waals surface area contributed by atoms with Crippen LogP contribution in [-0.4, -0.2) is 42.3 Å². The SMILES string of the molecule is O=C(CN1C(=O)COCC1=O)C1CC1. The van der Waals surface area contributed by atoms with E-state index in [1.54, 1.807) is 0 Å². The Balaban J connectivity index is 1.96. The average Bonchev–Trinajstić information content (AvgIpc) is 2.94. The lowest BCUT2D eigenvalue weighted by Crippen LogP contribution is -2.48. The molecule has 0 spiro atoms. The maximum Gasteiger partial charge on any atom is 0.255 e. The van der Waals surface area contributed by atoms with Crippen molar-refractivity contribution in [2.45, 2.75) is 12.8 Å². The van der Waals surface area contributed by atoms with Gasteiger partial charge in [0.05, 0.1) is 6.54 Å². The first-order chi connectivity index (χ1) is 6.68. The fraction of sp³-hybridized carbons (Fsp3) is 0.667. The summed E-state index contributed by atoms with van der Waals surface area (Å²) >= 11 is 0. The predicted molar refractivity (Wildman–Crippen MR) is 45.3 cm³/mol. The van der Waals surface area contributed by atoms with Crippen LogP contribution in [-0.2, 0) is 19.1 Å². The van der Waals surface area contributed by atoms with Crippen molar-refractivity contribution in [1.82, 2.24) is 4.90 Å². The minimum absolute atomic E-state index is 0.00593. The second-order valence-electron chi connectivity index (χ2n) is 3.61. The van der Waals surface area contributed by atoms with Crippen LogP contribution in [0.15, 0.2) is 0 Å². The molecule has 0 unspecified atom stereocenters. The molecule has 1 saturated carbocycles. The zero-order valence-corrected chi connectivity index (χ0v) is 7.69. The van der Waals surface area contributed by atoms with Crippen molar-refractivity contribution < 1.29 is 19.1 Å². The summed E-state index contributed by atoms with van der Waals surface area (Å²) in [6.45, 7) is -0.251. The van der Waals surface area contributed by atoms with Crippen molar-refractivity contribution in [1.29, 1.82) is 0 Å². The summed E-state index contributed by atoms with van der Waals surface area (Å²) in [7, 11) is 0. The maximum atomic E-state index is 11.4. The van der Waals surface area contributed by atoms with Crippen LogP contribution in [0.5, 0.6) is 0 Å². The molecule has 0 atom stereocenters. The largest absolute Gasteiger partial charge is 0.362 e. The van der Waals surface area contributed by atoms with E-state index in [4.69, 9.17) is 4.74 Å². The quantitative estimate of drug-likeness (QED) is 0.564. The number of amides is 2. The molecule has 2 rings (SSSR count). The van der Waals surface area contributed by atoms with Crippen LogP contribution in [0.3, 0.4) is 0 Å². The highest BCUT2D eigenvalue weighted by Crippen LogP contribution is 2.30. The van der Waals surface area contributed by atoms with Gasteiger partial charge in [-0.3, -0.25) is 19.3 Å². The highest BCUT2D eigenvalue weighted by molar-refractivity contribution is 6.02. The van der Waals surface area contributed by atoms with Crippen molar-refractivity contribution in [3.05, 3.63) is 0 Å². The second-order valence-corrected chi connectivity index (χ2v) is 3.61. The van der Waals surface area contributed by atoms with E-state index in [2.05, 4.69) is 0 Å². The number of carbonyl (C=O) groups is 3. The average molecular weight is 197 g/mol. The minimum atomic E-state index is -0.407. The van der Waals surface area contributed by atoms with E-state index in [-0.39, 0.29) is 31.5 Å². The summed E-state index contributed by atoms with van der Waals surface area (Å²) in [4.78, 5) is 34.8. The Hall–Kier alpha value is -1.23. The number of ether oxygens (including phenoxy) is 1. The van der Waals surface area contributed by atoms with Gasteiger partial charge in [-0.25, -0.2) is 0 Å². The first kappa shape index (κ1) is 9.33. The summed E-state index contributed by atoms with van der Waals surface area (Å²) in [5.74, 6) is -0.738. The molecule has 0 radical (unpaired) electrons. The Bertz CT molecular complexity index is 279. The zero-order valence-electron chi connectivity index (χ0n) is 7.69. The van der Waals surface area contributed by atoms with Gasteiger partial charge in [0.25, 0.3) is 11.8 Å². The lowest BCUT2D eigenvalue weighted by Gasteiger charge is -2.23. The molecule has 0 N–H and O–H groups in total. The first-order valence-corrected chi connectivity index (χ1v) is 4.62. The molecule has 14 heavy (non-hydrogen) atoms. The number of carbonyl (C=O) groups excluding carboxylic acids is 3. The molecule has 2 fully saturated rings. The van der Waals surface area contributed by atoms with E-state index in [1.165, 1.54) is 0 Å². The lowest BCUT2D eigenvalue weighted by molar-refractivity contribution is -0.160. The van der Waals surface area contributed by atoms with Crippen LogP contribution in [0.1, 0.15) is 12.8 Å². The molecule has 2 aliphatic rings. The lowest BCUT2D eigenvalue weighted by atomic mass is 10.2. The third-order valence-electron chi connectivity index (χ3n) is 2.40. The van der Waals surface area contributed by atoms with Crippen LogP contribution in [0.2, 0.25) is 0 Å². The summed E-state index contributed by atoms with van der Waals surface area (Å²) in [6, 6.07) is 0. The van der Waals surface area contributed by atoms with Crippen LogP contribution < -0.4 is 0 Å². The fourth-order valence-corrected chi connectivity index (χ4v) is 1.39. The van der Waals surface area contributed by atoms with Crippen LogP contribution in [0, 0.1) is 5.92 Å². The van der Waals surface area contributed by atoms with Gasteiger partial charge in [0.15, 0.2) is 5.78 Å². The Morgan fingerprint density at radius 3 is 2.36 bits per heavy atom. The van der Waals surface area contributed by atoms with E-state index < -0.39 is 11.8 Å². The third kappa shape index (κ3) is 1.82. The Kier molecular flexibility index (Phi) is 2.33. The number of imide groups is 1. The molecule has 1 aliphatic carbocycles. The van der Waals surface area contributed by atoms with E-state index in [0.29, 0.717) is 0 Å². The monoisotopic (exact) mass is 197 g/mol. The summed E-state index contributed by atoms with van der Waals surface area (Å²) < 4.78 is 4.73. The normalized spacial score (nSPS) is 22.7. The van der Waals surface area contributed by atoms with Gasteiger partial charge in [-0.15, -0.1) is 0 Å². The molecule has 2 amide bonds. The highest BCUT2D eigenvalue weighted by atomic mass is 16.5. The summed E-state index contributed by atoms with van der Waals surface area (Å²) in [6.07, 6.45) is 1.79. The number of hydrogen-bond donors (Lipinski definition) is 0. The maximum absolute atomic E-state index is 11.4. The van der Waals surface area contributed by atoms with Gasteiger partial charge in [0, 0.05) is 5.92 Å². The van der Waals surface area contributed by atoms with Gasteiger partial charge in [-0.1, -0.05) is 0 Å². The second kappa shape index (κ2) is 3.49. The first-order valence-electron chi connectivity index (χ1n) is 4.62. The van der Waals surface area contributed by atoms with Crippen molar-refractivity contribution >= 4 is 17.6 Å². The Labute approximate surface area is 81.0 Å². The molecule has 0 bridgehead atoms. The Morgan fingerprint density at radius 1 is 1.29 bits per heavy atom.